The smallest absolute Gasteiger partial charge is 0.338 e. The van der Waals surface area contributed by atoms with E-state index in [2.05, 4.69) is 20.8 Å². The van der Waals surface area contributed by atoms with Crippen LogP contribution >= 0.6 is 11.8 Å². The number of hydrogen-bond donors (Lipinski definition) is 2. The number of thioether (sulfide) groups is 1. The highest BCUT2D eigenvalue weighted by molar-refractivity contribution is 7.99. The summed E-state index contributed by atoms with van der Waals surface area (Å²) in [6, 6.07) is 15.8. The second kappa shape index (κ2) is 10.2. The van der Waals surface area contributed by atoms with Gasteiger partial charge in [-0.3, -0.25) is 4.57 Å². The Labute approximate surface area is 195 Å². The highest BCUT2D eigenvalue weighted by Gasteiger charge is 2.34. The van der Waals surface area contributed by atoms with Gasteiger partial charge in [0, 0.05) is 17.1 Å². The molecule has 1 aliphatic heterocycles. The molecule has 2 heterocycles. The maximum absolute atomic E-state index is 12.9. The molecule has 2 amide bonds. The lowest BCUT2D eigenvalue weighted by Crippen LogP contribution is -2.46. The first-order valence-electron chi connectivity index (χ1n) is 10.3. The normalized spacial score (nSPS) is 15.6. The van der Waals surface area contributed by atoms with Crippen LogP contribution in [-0.2, 0) is 9.53 Å². The predicted octanol–water partition coefficient (Wildman–Crippen LogP) is 3.24. The van der Waals surface area contributed by atoms with Gasteiger partial charge in [-0.2, -0.15) is 0 Å². The van der Waals surface area contributed by atoms with Crippen molar-refractivity contribution in [3.05, 3.63) is 77.8 Å². The van der Waals surface area contributed by atoms with E-state index in [-0.39, 0.29) is 6.61 Å². The molecule has 2 aromatic carbocycles. The molecule has 1 aromatic heterocycles. The van der Waals surface area contributed by atoms with Gasteiger partial charge in [-0.05, 0) is 36.8 Å². The number of carbonyl (C=O) groups is 2. The van der Waals surface area contributed by atoms with E-state index in [9.17, 15) is 9.59 Å². The van der Waals surface area contributed by atoms with E-state index in [1.807, 2.05) is 47.0 Å². The summed E-state index contributed by atoms with van der Waals surface area (Å²) in [5.74, 6) is 0.474. The molecule has 1 aliphatic rings. The number of benzene rings is 2. The Hall–Kier alpha value is -3.79. The molecular weight excluding hydrogens is 442 g/mol. The van der Waals surface area contributed by atoms with Crippen LogP contribution in [0.1, 0.15) is 18.5 Å². The Kier molecular flexibility index (Phi) is 6.94. The highest BCUT2D eigenvalue weighted by Crippen LogP contribution is 2.31. The first-order valence-corrected chi connectivity index (χ1v) is 11.3. The summed E-state index contributed by atoms with van der Waals surface area (Å²) in [4.78, 5) is 25.4. The van der Waals surface area contributed by atoms with Gasteiger partial charge >= 0.3 is 12.0 Å². The van der Waals surface area contributed by atoms with Crippen LogP contribution in [0.25, 0.3) is 5.69 Å². The van der Waals surface area contributed by atoms with Crippen LogP contribution in [0.15, 0.2) is 77.4 Å². The number of carbonyl (C=O) groups excluding carboxylic acids is 2. The zero-order chi connectivity index (χ0) is 23.2. The molecule has 1 unspecified atom stereocenters. The van der Waals surface area contributed by atoms with E-state index < -0.39 is 18.0 Å². The van der Waals surface area contributed by atoms with Crippen LogP contribution in [0.2, 0.25) is 0 Å². The van der Waals surface area contributed by atoms with Crippen LogP contribution in [0, 0.1) is 0 Å². The third-order valence-corrected chi connectivity index (χ3v) is 5.96. The molecule has 4 rings (SSSR count). The number of nitrogens with one attached hydrogen (secondary N) is 2. The van der Waals surface area contributed by atoms with Gasteiger partial charge in [-0.1, -0.05) is 42.1 Å². The second-order valence-corrected chi connectivity index (χ2v) is 7.97. The molecule has 0 aliphatic carbocycles. The topological polar surface area (TPSA) is 107 Å². The number of aromatic nitrogens is 3. The molecule has 33 heavy (non-hydrogen) atoms. The van der Waals surface area contributed by atoms with Gasteiger partial charge < -0.3 is 20.1 Å². The summed E-state index contributed by atoms with van der Waals surface area (Å²) in [6.07, 6.45) is 1.62. The number of para-hydroxylation sites is 1. The molecule has 0 spiro atoms. The minimum atomic E-state index is -0.661. The van der Waals surface area contributed by atoms with Crippen LogP contribution in [0.5, 0.6) is 5.75 Å². The molecule has 3 aromatic rings. The zero-order valence-electron chi connectivity index (χ0n) is 18.1. The Balaban J connectivity index is 1.66. The molecule has 0 radical (unpaired) electrons. The van der Waals surface area contributed by atoms with Crippen molar-refractivity contribution in [2.45, 2.75) is 18.1 Å². The van der Waals surface area contributed by atoms with Crippen molar-refractivity contribution in [2.75, 3.05) is 19.5 Å². The van der Waals surface area contributed by atoms with Crippen molar-refractivity contribution in [2.24, 2.45) is 0 Å². The third-order valence-electron chi connectivity index (χ3n) is 4.99. The maximum Gasteiger partial charge on any atom is 0.338 e. The van der Waals surface area contributed by atoms with E-state index in [1.54, 1.807) is 32.5 Å². The summed E-state index contributed by atoms with van der Waals surface area (Å²) in [6.45, 7) is 1.96. The summed E-state index contributed by atoms with van der Waals surface area (Å²) in [5.41, 5.74) is 2.46. The number of amides is 2. The summed E-state index contributed by atoms with van der Waals surface area (Å²) in [7, 11) is 1.58. The Morgan fingerprint density at radius 1 is 1.15 bits per heavy atom. The van der Waals surface area contributed by atoms with Gasteiger partial charge in [-0.15, -0.1) is 10.2 Å². The Morgan fingerprint density at radius 2 is 1.91 bits per heavy atom. The summed E-state index contributed by atoms with van der Waals surface area (Å²) >= 11 is 1.36. The molecule has 10 heteroatoms. The number of ether oxygens (including phenoxy) is 2. The van der Waals surface area contributed by atoms with Crippen LogP contribution in [0.4, 0.5) is 4.79 Å². The van der Waals surface area contributed by atoms with Crippen molar-refractivity contribution < 1.29 is 19.1 Å². The number of rotatable bonds is 8. The summed E-state index contributed by atoms with van der Waals surface area (Å²) in [5, 5.41) is 14.4. The fourth-order valence-corrected chi connectivity index (χ4v) is 4.35. The average Bonchev–Trinajstić information content (AvgIpc) is 3.32. The van der Waals surface area contributed by atoms with E-state index in [1.165, 1.54) is 11.8 Å². The largest absolute Gasteiger partial charge is 0.497 e. The van der Waals surface area contributed by atoms with E-state index >= 15 is 0 Å². The van der Waals surface area contributed by atoms with Crippen molar-refractivity contribution in [3.63, 3.8) is 0 Å². The Bertz CT molecular complexity index is 1160. The van der Waals surface area contributed by atoms with E-state index in [4.69, 9.17) is 9.47 Å². The fraction of sp³-hybridized carbons (Fsp3) is 0.217. The monoisotopic (exact) mass is 465 g/mol. The number of urea groups is 1. The van der Waals surface area contributed by atoms with Crippen molar-refractivity contribution in [1.29, 1.82) is 0 Å². The lowest BCUT2D eigenvalue weighted by atomic mass is 9.95. The van der Waals surface area contributed by atoms with E-state index in [0.29, 0.717) is 27.9 Å². The molecular formula is C23H23N5O4S. The predicted molar refractivity (Wildman–Crippen MR) is 123 cm³/mol. The van der Waals surface area contributed by atoms with Crippen LogP contribution < -0.4 is 15.4 Å². The number of esters is 1. The molecule has 1 atom stereocenters. The minimum Gasteiger partial charge on any atom is -0.497 e. The van der Waals surface area contributed by atoms with Gasteiger partial charge in [0.1, 0.15) is 12.1 Å². The maximum atomic E-state index is 12.9. The van der Waals surface area contributed by atoms with Crippen molar-refractivity contribution >= 4 is 23.8 Å². The minimum absolute atomic E-state index is 0.217. The second-order valence-electron chi connectivity index (χ2n) is 7.03. The first-order chi connectivity index (χ1) is 16.1. The number of hydrogen-bond acceptors (Lipinski definition) is 7. The average molecular weight is 466 g/mol. The zero-order valence-corrected chi connectivity index (χ0v) is 19.0. The number of methoxy groups -OCH3 is 1. The van der Waals surface area contributed by atoms with E-state index in [0.717, 1.165) is 11.3 Å². The molecule has 0 saturated carbocycles. The fourth-order valence-electron chi connectivity index (χ4n) is 3.45. The summed E-state index contributed by atoms with van der Waals surface area (Å²) < 4.78 is 12.4. The molecule has 9 nitrogen and oxygen atoms in total. The lowest BCUT2D eigenvalue weighted by Gasteiger charge is -2.29. The molecule has 2 N–H and O–H groups in total. The van der Waals surface area contributed by atoms with Gasteiger partial charge in [-0.25, -0.2) is 9.59 Å². The van der Waals surface area contributed by atoms with Gasteiger partial charge in [0.2, 0.25) is 0 Å². The first kappa shape index (κ1) is 22.4. The van der Waals surface area contributed by atoms with Crippen LogP contribution in [-0.4, -0.2) is 46.2 Å². The highest BCUT2D eigenvalue weighted by atomic mass is 32.2. The Morgan fingerprint density at radius 3 is 2.61 bits per heavy atom. The molecule has 0 saturated heterocycles. The van der Waals surface area contributed by atoms with Gasteiger partial charge in [0.25, 0.3) is 0 Å². The van der Waals surface area contributed by atoms with Crippen molar-refractivity contribution in [3.8, 4) is 11.4 Å². The lowest BCUT2D eigenvalue weighted by molar-refractivity contribution is -0.139. The quantitative estimate of drug-likeness (QED) is 0.388. The van der Waals surface area contributed by atoms with Crippen LogP contribution in [0.3, 0.4) is 0 Å². The third kappa shape index (κ3) is 5.01. The SMILES string of the molecule is CCOC(=O)C1=C(CSc2nncn2-c2ccccc2)NC(=O)NC1c1ccc(OC)cc1. The van der Waals surface area contributed by atoms with Gasteiger partial charge in [0.05, 0.1) is 25.3 Å². The van der Waals surface area contributed by atoms with Gasteiger partial charge in [0.15, 0.2) is 5.16 Å². The molecule has 170 valence electrons. The standard InChI is InChI=1S/C23H23N5O4S/c1-3-32-21(29)19-18(13-33-23-27-24-14-28(23)16-7-5-4-6-8-16)25-22(30)26-20(19)15-9-11-17(31-2)12-10-15/h4-12,14,20H,3,13H2,1-2H3,(H2,25,26,30). The molecule has 0 bridgehead atoms. The number of nitrogens with zero attached hydrogens (tertiary/aromatic N) is 3. The molecule has 0 fully saturated rings. The van der Waals surface area contributed by atoms with Crippen molar-refractivity contribution in [1.82, 2.24) is 25.4 Å².